The molecular weight excluding hydrogens is 505 g/mol. The van der Waals surface area contributed by atoms with Crippen LogP contribution in [0.3, 0.4) is 0 Å². The fourth-order valence-electron chi connectivity index (χ4n) is 4.80. The second kappa shape index (κ2) is 9.86. The summed E-state index contributed by atoms with van der Waals surface area (Å²) in [6.07, 6.45) is 4.92. The van der Waals surface area contributed by atoms with Gasteiger partial charge in [0.15, 0.2) is 5.69 Å². The molecule has 1 aliphatic rings. The fraction of sp³-hybridized carbons (Fsp3) is 0.172. The van der Waals surface area contributed by atoms with Gasteiger partial charge in [0.05, 0.1) is 28.8 Å². The Morgan fingerprint density at radius 3 is 2.49 bits per heavy atom. The van der Waals surface area contributed by atoms with E-state index in [1.165, 1.54) is 18.3 Å². The number of aromatic nitrogens is 4. The first kappa shape index (κ1) is 24.6. The lowest BCUT2D eigenvalue weighted by Gasteiger charge is -2.15. The lowest BCUT2D eigenvalue weighted by atomic mass is 10.0. The molecule has 2 aromatic carbocycles. The van der Waals surface area contributed by atoms with Gasteiger partial charge >= 0.3 is 0 Å². The normalized spacial score (nSPS) is 16.3. The molecule has 196 valence electrons. The van der Waals surface area contributed by atoms with Crippen molar-refractivity contribution < 1.29 is 18.0 Å². The average Bonchev–Trinajstić information content (AvgIpc) is 3.51. The number of rotatable bonds is 6. The van der Waals surface area contributed by atoms with Crippen molar-refractivity contribution in [2.45, 2.75) is 31.2 Å². The largest absolute Gasteiger partial charge is 0.381 e. The minimum Gasteiger partial charge on any atom is -0.381 e. The number of carbonyl (C=O) groups excluding carboxylic acids is 1. The van der Waals surface area contributed by atoms with Gasteiger partial charge in [-0.25, -0.2) is 13.2 Å². The van der Waals surface area contributed by atoms with Crippen LogP contribution in [0, 0.1) is 5.82 Å². The average molecular weight is 529 g/mol. The lowest BCUT2D eigenvalue weighted by Crippen LogP contribution is -2.19. The van der Waals surface area contributed by atoms with Gasteiger partial charge < -0.3 is 10.6 Å². The minimum atomic E-state index is -2.63. The third kappa shape index (κ3) is 5.31. The van der Waals surface area contributed by atoms with E-state index in [-0.39, 0.29) is 30.4 Å². The van der Waals surface area contributed by atoms with Crippen LogP contribution in [0.2, 0.25) is 0 Å². The second-order valence-corrected chi connectivity index (χ2v) is 9.63. The van der Waals surface area contributed by atoms with Crippen LogP contribution in [-0.4, -0.2) is 38.0 Å². The van der Waals surface area contributed by atoms with E-state index < -0.39 is 11.8 Å². The Morgan fingerprint density at radius 2 is 1.74 bits per heavy atom. The molecule has 1 atom stereocenters. The van der Waals surface area contributed by atoms with E-state index in [2.05, 4.69) is 30.8 Å². The van der Waals surface area contributed by atoms with Gasteiger partial charge in [0.2, 0.25) is 5.92 Å². The Morgan fingerprint density at radius 1 is 0.923 bits per heavy atom. The Hall–Kier alpha value is -4.73. The van der Waals surface area contributed by atoms with Crippen molar-refractivity contribution in [3.63, 3.8) is 0 Å². The summed E-state index contributed by atoms with van der Waals surface area (Å²) in [6, 6.07) is 16.6. The van der Waals surface area contributed by atoms with Crippen molar-refractivity contribution in [2.75, 3.05) is 10.6 Å². The Bertz CT molecular complexity index is 1650. The molecule has 3 heterocycles. The third-order valence-corrected chi connectivity index (χ3v) is 6.79. The molecule has 1 amide bonds. The molecule has 1 aliphatic carbocycles. The molecule has 7 nitrogen and oxygen atoms in total. The van der Waals surface area contributed by atoms with Gasteiger partial charge in [0.1, 0.15) is 5.82 Å². The standard InChI is InChI=1S/C29H23F3N6O/c30-20-4-1-17(2-5-20)25-8-6-22(16-34-25)36-28(39)27-24-12-18(3-7-26(24)37-38-27)19-11-23(15-33-14-19)35-21-9-10-29(31,32)13-21/h1-8,11-12,14-16,21,35H,9-10,13H2,(H,36,39)(H,37,38). The zero-order valence-electron chi connectivity index (χ0n) is 20.6. The van der Waals surface area contributed by atoms with Crippen molar-refractivity contribution in [3.8, 4) is 22.4 Å². The predicted octanol–water partition coefficient (Wildman–Crippen LogP) is 6.68. The summed E-state index contributed by atoms with van der Waals surface area (Å²) in [5.41, 5.74) is 5.03. The molecule has 1 saturated carbocycles. The van der Waals surface area contributed by atoms with Gasteiger partial charge in [0, 0.05) is 47.8 Å². The van der Waals surface area contributed by atoms with Crippen LogP contribution in [0.15, 0.2) is 79.3 Å². The summed E-state index contributed by atoms with van der Waals surface area (Å²) in [6.45, 7) is 0. The molecule has 0 radical (unpaired) electrons. The van der Waals surface area contributed by atoms with E-state index in [4.69, 9.17) is 0 Å². The number of nitrogens with zero attached hydrogens (tertiary/aromatic N) is 3. The molecule has 0 saturated heterocycles. The number of hydrogen-bond acceptors (Lipinski definition) is 5. The van der Waals surface area contributed by atoms with Gasteiger partial charge in [-0.05, 0) is 66.6 Å². The van der Waals surface area contributed by atoms with E-state index in [9.17, 15) is 18.0 Å². The van der Waals surface area contributed by atoms with Crippen molar-refractivity contribution in [2.24, 2.45) is 0 Å². The lowest BCUT2D eigenvalue weighted by molar-refractivity contribution is 0.00852. The first-order valence-electron chi connectivity index (χ1n) is 12.4. The first-order chi connectivity index (χ1) is 18.8. The molecule has 5 aromatic rings. The predicted molar refractivity (Wildman–Crippen MR) is 143 cm³/mol. The van der Waals surface area contributed by atoms with E-state index in [0.29, 0.717) is 34.4 Å². The van der Waals surface area contributed by atoms with Crippen LogP contribution in [0.1, 0.15) is 29.8 Å². The topological polar surface area (TPSA) is 95.6 Å². The van der Waals surface area contributed by atoms with Gasteiger partial charge in [-0.2, -0.15) is 5.10 Å². The van der Waals surface area contributed by atoms with E-state index in [0.717, 1.165) is 16.7 Å². The van der Waals surface area contributed by atoms with Gasteiger partial charge in [-0.15, -0.1) is 0 Å². The zero-order chi connectivity index (χ0) is 27.0. The quantitative estimate of drug-likeness (QED) is 0.229. The summed E-state index contributed by atoms with van der Waals surface area (Å²) in [5.74, 6) is -3.37. The van der Waals surface area contributed by atoms with E-state index in [1.807, 2.05) is 24.3 Å². The minimum absolute atomic E-state index is 0.117. The summed E-state index contributed by atoms with van der Waals surface area (Å²) >= 11 is 0. The number of anilines is 2. The molecule has 6 rings (SSSR count). The number of amides is 1. The number of fused-ring (bicyclic) bond motifs is 1. The summed E-state index contributed by atoms with van der Waals surface area (Å²) in [7, 11) is 0. The number of H-pyrrole nitrogens is 1. The molecule has 39 heavy (non-hydrogen) atoms. The van der Waals surface area contributed by atoms with Crippen LogP contribution in [0.25, 0.3) is 33.3 Å². The van der Waals surface area contributed by atoms with Crippen LogP contribution >= 0.6 is 0 Å². The van der Waals surface area contributed by atoms with Crippen LogP contribution in [-0.2, 0) is 0 Å². The Balaban J connectivity index is 1.20. The highest BCUT2D eigenvalue weighted by Gasteiger charge is 2.39. The van der Waals surface area contributed by atoms with Crippen LogP contribution < -0.4 is 10.6 Å². The van der Waals surface area contributed by atoms with E-state index in [1.54, 1.807) is 36.7 Å². The number of nitrogens with one attached hydrogen (secondary N) is 3. The van der Waals surface area contributed by atoms with Crippen molar-refractivity contribution >= 4 is 28.2 Å². The maximum absolute atomic E-state index is 13.6. The zero-order valence-corrected chi connectivity index (χ0v) is 20.6. The number of pyridine rings is 2. The Kier molecular flexibility index (Phi) is 6.22. The molecule has 1 fully saturated rings. The number of carbonyl (C=O) groups is 1. The van der Waals surface area contributed by atoms with Gasteiger partial charge in [-0.1, -0.05) is 6.07 Å². The molecule has 3 aromatic heterocycles. The summed E-state index contributed by atoms with van der Waals surface area (Å²) < 4.78 is 40.4. The third-order valence-electron chi connectivity index (χ3n) is 6.79. The number of alkyl halides is 2. The SMILES string of the molecule is O=C(Nc1ccc(-c2ccc(F)cc2)nc1)c1n[nH]c2ccc(-c3cncc(NC4CCC(F)(F)C4)c3)cc12. The number of benzene rings is 2. The maximum atomic E-state index is 13.6. The highest BCUT2D eigenvalue weighted by molar-refractivity contribution is 6.11. The number of hydrogen-bond donors (Lipinski definition) is 3. The maximum Gasteiger partial charge on any atom is 0.276 e. The van der Waals surface area contributed by atoms with E-state index >= 15 is 0 Å². The Labute approximate surface area is 221 Å². The van der Waals surface area contributed by atoms with Crippen molar-refractivity contribution in [3.05, 3.63) is 90.8 Å². The molecule has 0 bridgehead atoms. The highest BCUT2D eigenvalue weighted by Crippen LogP contribution is 2.36. The molecule has 1 unspecified atom stereocenters. The monoisotopic (exact) mass is 528 g/mol. The van der Waals surface area contributed by atoms with Crippen LogP contribution in [0.4, 0.5) is 24.5 Å². The fourth-order valence-corrected chi connectivity index (χ4v) is 4.80. The molecule has 3 N–H and O–H groups in total. The molecular formula is C29H23F3N6O. The summed E-state index contributed by atoms with van der Waals surface area (Å²) in [4.78, 5) is 21.7. The molecule has 10 heteroatoms. The van der Waals surface area contributed by atoms with Gasteiger partial charge in [0.25, 0.3) is 5.91 Å². The highest BCUT2D eigenvalue weighted by atomic mass is 19.3. The summed E-state index contributed by atoms with van der Waals surface area (Å²) in [5, 5.41) is 13.7. The molecule has 0 spiro atoms. The number of halogens is 3. The smallest absolute Gasteiger partial charge is 0.276 e. The first-order valence-corrected chi connectivity index (χ1v) is 12.4. The van der Waals surface area contributed by atoms with Crippen LogP contribution in [0.5, 0.6) is 0 Å². The van der Waals surface area contributed by atoms with Crippen molar-refractivity contribution in [1.29, 1.82) is 0 Å². The van der Waals surface area contributed by atoms with Crippen molar-refractivity contribution in [1.82, 2.24) is 20.2 Å². The second-order valence-electron chi connectivity index (χ2n) is 9.63. The molecule has 0 aliphatic heterocycles. The number of aromatic amines is 1. The van der Waals surface area contributed by atoms with Gasteiger partial charge in [-0.3, -0.25) is 19.9 Å².